The number of barbiturate groups is 1. The van der Waals surface area contributed by atoms with Crippen LogP contribution in [-0.2, 0) is 16.2 Å². The fourth-order valence-corrected chi connectivity index (χ4v) is 4.65. The minimum absolute atomic E-state index is 0.192. The summed E-state index contributed by atoms with van der Waals surface area (Å²) in [7, 11) is 0. The smallest absolute Gasteiger partial charge is 0.335 e. The van der Waals surface area contributed by atoms with Crippen molar-refractivity contribution in [2.24, 2.45) is 0 Å². The molecule has 190 valence electrons. The van der Waals surface area contributed by atoms with Crippen LogP contribution in [0, 0.1) is 17.4 Å². The van der Waals surface area contributed by atoms with Crippen molar-refractivity contribution in [3.05, 3.63) is 91.0 Å². The molecule has 0 aliphatic carbocycles. The van der Waals surface area contributed by atoms with Crippen molar-refractivity contribution < 1.29 is 23.9 Å². The maximum Gasteiger partial charge on any atom is 0.335 e. The number of halogens is 2. The first-order valence-electron chi connectivity index (χ1n) is 11.5. The Morgan fingerprint density at radius 2 is 1.73 bits per heavy atom. The van der Waals surface area contributed by atoms with Gasteiger partial charge in [0.15, 0.2) is 11.5 Å². The van der Waals surface area contributed by atoms with E-state index in [2.05, 4.69) is 27.9 Å². The molecule has 4 rings (SSSR count). The van der Waals surface area contributed by atoms with Gasteiger partial charge in [-0.3, -0.25) is 14.9 Å². The van der Waals surface area contributed by atoms with E-state index < -0.39 is 17.8 Å². The predicted molar refractivity (Wildman–Crippen MR) is 151 cm³/mol. The summed E-state index contributed by atoms with van der Waals surface area (Å²) in [6.45, 7) is 6.44. The molecule has 0 bridgehead atoms. The van der Waals surface area contributed by atoms with Gasteiger partial charge in [-0.1, -0.05) is 47.5 Å². The second-order valence-corrected chi connectivity index (χ2v) is 10.00. The van der Waals surface area contributed by atoms with Gasteiger partial charge in [0.25, 0.3) is 11.8 Å². The molecule has 1 heterocycles. The van der Waals surface area contributed by atoms with Gasteiger partial charge in [-0.2, -0.15) is 0 Å². The van der Waals surface area contributed by atoms with Crippen LogP contribution in [0.2, 0.25) is 5.02 Å². The number of aryl methyl sites for hydroxylation is 2. The molecule has 3 aromatic rings. The fraction of sp³-hybridized carbons (Fsp3) is 0.179. The molecule has 7 nitrogen and oxygen atoms in total. The number of carbonyl (C=O) groups is 3. The van der Waals surface area contributed by atoms with E-state index in [-0.39, 0.29) is 11.3 Å². The molecule has 1 fully saturated rings. The SMILES string of the molecule is CCOc1cc(/C=C2/C(=O)NC(=O)N(c3ccc(C)c(Cl)c3)C2=O)cc(I)c1OCc1ccc(C)cc1. The molecule has 0 radical (unpaired) electrons. The number of urea groups is 1. The van der Waals surface area contributed by atoms with E-state index in [4.69, 9.17) is 21.1 Å². The molecule has 1 saturated heterocycles. The number of nitrogens with zero attached hydrogens (tertiary/aromatic N) is 1. The van der Waals surface area contributed by atoms with Crippen molar-refractivity contribution >= 4 is 63.8 Å². The minimum Gasteiger partial charge on any atom is -0.490 e. The second-order valence-electron chi connectivity index (χ2n) is 8.43. The molecule has 0 atom stereocenters. The molecular formula is C28H24ClIN2O5. The molecule has 0 saturated carbocycles. The number of amides is 4. The van der Waals surface area contributed by atoms with Gasteiger partial charge >= 0.3 is 6.03 Å². The van der Waals surface area contributed by atoms with Crippen molar-refractivity contribution in [1.29, 1.82) is 0 Å². The highest BCUT2D eigenvalue weighted by Crippen LogP contribution is 2.36. The molecular weight excluding hydrogens is 607 g/mol. The Kier molecular flexibility index (Phi) is 8.19. The van der Waals surface area contributed by atoms with E-state index in [1.54, 1.807) is 24.3 Å². The number of hydrogen-bond acceptors (Lipinski definition) is 5. The molecule has 0 spiro atoms. The van der Waals surface area contributed by atoms with Crippen LogP contribution in [0.25, 0.3) is 6.08 Å². The lowest BCUT2D eigenvalue weighted by Gasteiger charge is -2.26. The maximum absolute atomic E-state index is 13.3. The van der Waals surface area contributed by atoms with Crippen LogP contribution in [0.1, 0.15) is 29.2 Å². The van der Waals surface area contributed by atoms with Crippen molar-refractivity contribution in [3.8, 4) is 11.5 Å². The quantitative estimate of drug-likeness (QED) is 0.191. The molecule has 37 heavy (non-hydrogen) atoms. The highest BCUT2D eigenvalue weighted by molar-refractivity contribution is 14.1. The zero-order valence-electron chi connectivity index (χ0n) is 20.4. The van der Waals surface area contributed by atoms with Gasteiger partial charge in [-0.05, 0) is 90.4 Å². The summed E-state index contributed by atoms with van der Waals surface area (Å²) in [5.41, 5.74) is 3.59. The molecule has 1 N–H and O–H groups in total. The monoisotopic (exact) mass is 630 g/mol. The number of ether oxygens (including phenoxy) is 2. The normalized spacial score (nSPS) is 14.7. The van der Waals surface area contributed by atoms with E-state index in [1.807, 2.05) is 45.0 Å². The van der Waals surface area contributed by atoms with Crippen molar-refractivity contribution in [2.45, 2.75) is 27.4 Å². The summed E-state index contributed by atoms with van der Waals surface area (Å²) in [4.78, 5) is 39.3. The summed E-state index contributed by atoms with van der Waals surface area (Å²) in [6, 6.07) is 15.5. The van der Waals surface area contributed by atoms with E-state index in [1.165, 1.54) is 12.1 Å². The fourth-order valence-electron chi connectivity index (χ4n) is 3.69. The third-order valence-electron chi connectivity index (χ3n) is 5.66. The Bertz CT molecular complexity index is 1420. The summed E-state index contributed by atoms with van der Waals surface area (Å²) in [5.74, 6) is -0.482. The van der Waals surface area contributed by atoms with Gasteiger partial charge < -0.3 is 9.47 Å². The second kappa shape index (κ2) is 11.4. The third kappa shape index (κ3) is 5.97. The molecule has 9 heteroatoms. The van der Waals surface area contributed by atoms with Gasteiger partial charge in [0.2, 0.25) is 0 Å². The zero-order chi connectivity index (χ0) is 26.7. The van der Waals surface area contributed by atoms with Gasteiger partial charge in [0, 0.05) is 5.02 Å². The number of carbonyl (C=O) groups excluding carboxylic acids is 3. The first-order valence-corrected chi connectivity index (χ1v) is 13.0. The minimum atomic E-state index is -0.837. The first kappa shape index (κ1) is 26.7. The number of nitrogens with one attached hydrogen (secondary N) is 1. The Morgan fingerprint density at radius 1 is 1.00 bits per heavy atom. The first-order chi connectivity index (χ1) is 17.7. The summed E-state index contributed by atoms with van der Waals surface area (Å²) < 4.78 is 12.6. The molecule has 4 amide bonds. The molecule has 0 aromatic heterocycles. The average Bonchev–Trinajstić information content (AvgIpc) is 2.84. The van der Waals surface area contributed by atoms with Gasteiger partial charge in [-0.25, -0.2) is 9.69 Å². The highest BCUT2D eigenvalue weighted by atomic mass is 127. The number of hydrogen-bond donors (Lipinski definition) is 1. The van der Waals surface area contributed by atoms with Crippen LogP contribution in [0.3, 0.4) is 0 Å². The highest BCUT2D eigenvalue weighted by Gasteiger charge is 2.37. The topological polar surface area (TPSA) is 84.9 Å². The van der Waals surface area contributed by atoms with Gasteiger partial charge in [-0.15, -0.1) is 0 Å². The average molecular weight is 631 g/mol. The van der Waals surface area contributed by atoms with Crippen molar-refractivity contribution in [1.82, 2.24) is 5.32 Å². The van der Waals surface area contributed by atoms with E-state index in [9.17, 15) is 14.4 Å². The Labute approximate surface area is 233 Å². The summed E-state index contributed by atoms with van der Waals surface area (Å²) >= 11 is 8.32. The predicted octanol–water partition coefficient (Wildman–Crippen LogP) is 6.21. The van der Waals surface area contributed by atoms with Crippen LogP contribution in [-0.4, -0.2) is 24.5 Å². The molecule has 1 aliphatic heterocycles. The summed E-state index contributed by atoms with van der Waals surface area (Å²) in [6.07, 6.45) is 1.43. The zero-order valence-corrected chi connectivity index (χ0v) is 23.3. The lowest BCUT2D eigenvalue weighted by atomic mass is 10.1. The van der Waals surface area contributed by atoms with Crippen LogP contribution in [0.15, 0.2) is 60.2 Å². The van der Waals surface area contributed by atoms with Crippen molar-refractivity contribution in [3.63, 3.8) is 0 Å². The molecule has 3 aromatic carbocycles. The standard InChI is InChI=1S/C28H24ClIN2O5/c1-4-36-24-13-19(12-23(30)25(24)37-15-18-8-5-16(2)6-9-18)11-21-26(33)31-28(35)32(27(21)34)20-10-7-17(3)22(29)14-20/h5-14H,4,15H2,1-3H3,(H,31,33,35)/b21-11-. The molecule has 1 aliphatic rings. The van der Waals surface area contributed by atoms with Crippen molar-refractivity contribution in [2.75, 3.05) is 11.5 Å². The lowest BCUT2D eigenvalue weighted by molar-refractivity contribution is -0.122. The third-order valence-corrected chi connectivity index (χ3v) is 6.87. The maximum atomic E-state index is 13.3. The number of rotatable bonds is 7. The Morgan fingerprint density at radius 3 is 2.41 bits per heavy atom. The summed E-state index contributed by atoms with van der Waals surface area (Å²) in [5, 5.41) is 2.63. The van der Waals surface area contributed by atoms with Crippen LogP contribution >= 0.6 is 34.2 Å². The lowest BCUT2D eigenvalue weighted by Crippen LogP contribution is -2.54. The van der Waals surface area contributed by atoms with E-state index >= 15 is 0 Å². The largest absolute Gasteiger partial charge is 0.490 e. The van der Waals surface area contributed by atoms with Crippen LogP contribution in [0.4, 0.5) is 10.5 Å². The van der Waals surface area contributed by atoms with Crippen LogP contribution < -0.4 is 19.7 Å². The number of benzene rings is 3. The number of anilines is 1. The van der Waals surface area contributed by atoms with Gasteiger partial charge in [0.05, 0.1) is 15.9 Å². The Balaban J connectivity index is 1.66. The van der Waals surface area contributed by atoms with E-state index in [0.29, 0.717) is 35.3 Å². The Hall–Kier alpha value is -3.37. The van der Waals surface area contributed by atoms with Gasteiger partial charge in [0.1, 0.15) is 12.2 Å². The van der Waals surface area contributed by atoms with Crippen LogP contribution in [0.5, 0.6) is 11.5 Å². The molecule has 0 unspecified atom stereocenters. The van der Waals surface area contributed by atoms with E-state index in [0.717, 1.165) is 25.2 Å². The number of imide groups is 2.